The molecule has 188 valence electrons. The Morgan fingerprint density at radius 1 is 0.824 bits per heavy atom. The molecule has 3 nitrogen and oxygen atoms in total. The van der Waals surface area contributed by atoms with E-state index in [-0.39, 0.29) is 5.97 Å². The van der Waals surface area contributed by atoms with Crippen LogP contribution >= 0.6 is 0 Å². The Balaban J connectivity index is 1.71. The fourth-order valence-corrected chi connectivity index (χ4v) is 4.26. The summed E-state index contributed by atoms with van der Waals surface area (Å²) < 4.78 is 5.51. The number of ether oxygens (including phenoxy) is 1. The molecule has 0 fully saturated rings. The largest absolute Gasteiger partial charge is 0.462 e. The van der Waals surface area contributed by atoms with Crippen molar-refractivity contribution in [3.8, 4) is 11.3 Å². The normalized spacial score (nSPS) is 12.1. The molecule has 1 aromatic heterocycles. The SMILES string of the molecule is CCCCCCCCCc1ccc(-c2ccc(C(=O)OCCC(C)CCCC(C)C)cc2)nc1. The van der Waals surface area contributed by atoms with Gasteiger partial charge >= 0.3 is 5.97 Å². The topological polar surface area (TPSA) is 39.2 Å². The number of rotatable bonds is 17. The van der Waals surface area contributed by atoms with Crippen LogP contribution in [-0.4, -0.2) is 17.6 Å². The Morgan fingerprint density at radius 2 is 1.53 bits per heavy atom. The van der Waals surface area contributed by atoms with Gasteiger partial charge < -0.3 is 4.74 Å². The summed E-state index contributed by atoms with van der Waals surface area (Å²) in [6.07, 6.45) is 17.1. The number of hydrogen-bond donors (Lipinski definition) is 0. The molecule has 0 radical (unpaired) electrons. The first kappa shape index (κ1) is 28.1. The van der Waals surface area contributed by atoms with E-state index in [4.69, 9.17) is 4.74 Å². The van der Waals surface area contributed by atoms with Crippen LogP contribution < -0.4 is 0 Å². The number of nitrogens with zero attached hydrogens (tertiary/aromatic N) is 1. The van der Waals surface area contributed by atoms with E-state index in [0.717, 1.165) is 30.0 Å². The molecule has 0 bridgehead atoms. The molecule has 0 saturated carbocycles. The Labute approximate surface area is 208 Å². The van der Waals surface area contributed by atoms with Crippen molar-refractivity contribution in [2.45, 2.75) is 105 Å². The summed E-state index contributed by atoms with van der Waals surface area (Å²) in [5, 5.41) is 0. The molecule has 1 atom stereocenters. The first-order chi connectivity index (χ1) is 16.5. The highest BCUT2D eigenvalue weighted by Gasteiger charge is 2.10. The van der Waals surface area contributed by atoms with Gasteiger partial charge in [-0.05, 0) is 54.9 Å². The summed E-state index contributed by atoms with van der Waals surface area (Å²) in [5.74, 6) is 1.11. The third-order valence-corrected chi connectivity index (χ3v) is 6.63. The monoisotopic (exact) mass is 465 g/mol. The number of benzene rings is 1. The molecule has 34 heavy (non-hydrogen) atoms. The van der Waals surface area contributed by atoms with Gasteiger partial charge in [0.15, 0.2) is 0 Å². The number of aryl methyl sites for hydroxylation is 1. The molecular weight excluding hydrogens is 418 g/mol. The first-order valence-corrected chi connectivity index (χ1v) is 13.7. The summed E-state index contributed by atoms with van der Waals surface area (Å²) in [4.78, 5) is 17.0. The lowest BCUT2D eigenvalue weighted by Gasteiger charge is -2.12. The molecule has 0 aliphatic carbocycles. The third kappa shape index (κ3) is 11.3. The van der Waals surface area contributed by atoms with E-state index in [9.17, 15) is 4.79 Å². The van der Waals surface area contributed by atoms with Crippen LogP contribution in [-0.2, 0) is 11.2 Å². The quantitative estimate of drug-likeness (QED) is 0.173. The van der Waals surface area contributed by atoms with Crippen LogP contribution in [0.4, 0.5) is 0 Å². The maximum atomic E-state index is 12.4. The van der Waals surface area contributed by atoms with Crippen LogP contribution in [0, 0.1) is 11.8 Å². The summed E-state index contributed by atoms with van der Waals surface area (Å²) in [5.41, 5.74) is 3.87. The molecular formula is C31H47NO2. The highest BCUT2D eigenvalue weighted by atomic mass is 16.5. The van der Waals surface area contributed by atoms with Gasteiger partial charge in [0, 0.05) is 11.8 Å². The van der Waals surface area contributed by atoms with E-state index in [2.05, 4.69) is 44.8 Å². The molecule has 0 saturated heterocycles. The van der Waals surface area contributed by atoms with Gasteiger partial charge in [-0.3, -0.25) is 4.98 Å². The first-order valence-electron chi connectivity index (χ1n) is 13.7. The minimum atomic E-state index is -0.237. The van der Waals surface area contributed by atoms with Crippen molar-refractivity contribution in [2.24, 2.45) is 11.8 Å². The van der Waals surface area contributed by atoms with Crippen LogP contribution in [0.25, 0.3) is 11.3 Å². The molecule has 3 heteroatoms. The van der Waals surface area contributed by atoms with E-state index in [1.54, 1.807) is 0 Å². The smallest absolute Gasteiger partial charge is 0.338 e. The van der Waals surface area contributed by atoms with E-state index in [0.29, 0.717) is 18.1 Å². The Hall–Kier alpha value is -2.16. The van der Waals surface area contributed by atoms with Gasteiger partial charge in [-0.15, -0.1) is 0 Å². The molecule has 0 amide bonds. The highest BCUT2D eigenvalue weighted by molar-refractivity contribution is 5.90. The zero-order chi connectivity index (χ0) is 24.6. The average molecular weight is 466 g/mol. The lowest BCUT2D eigenvalue weighted by Crippen LogP contribution is -2.09. The van der Waals surface area contributed by atoms with Crippen LogP contribution in [0.2, 0.25) is 0 Å². The molecule has 0 N–H and O–H groups in total. The molecule has 2 aromatic rings. The fourth-order valence-electron chi connectivity index (χ4n) is 4.26. The van der Waals surface area contributed by atoms with Crippen molar-refractivity contribution in [2.75, 3.05) is 6.61 Å². The standard InChI is InChI=1S/C31H47NO2/c1-5-6-7-8-9-10-11-15-27-16-21-30(32-24-27)28-17-19-29(20-18-28)31(33)34-23-22-26(4)14-12-13-25(2)3/h16-21,24-26H,5-15,22-23H2,1-4H3. The van der Waals surface area contributed by atoms with Crippen molar-refractivity contribution < 1.29 is 9.53 Å². The van der Waals surface area contributed by atoms with Crippen LogP contribution in [0.1, 0.15) is 114 Å². The zero-order valence-corrected chi connectivity index (χ0v) is 22.2. The van der Waals surface area contributed by atoms with E-state index in [1.807, 2.05) is 30.5 Å². The van der Waals surface area contributed by atoms with E-state index in [1.165, 1.54) is 69.8 Å². The number of pyridine rings is 1. The number of esters is 1. The van der Waals surface area contributed by atoms with Crippen molar-refractivity contribution in [1.82, 2.24) is 4.98 Å². The molecule has 1 heterocycles. The number of carbonyl (C=O) groups is 1. The van der Waals surface area contributed by atoms with Crippen molar-refractivity contribution in [1.29, 1.82) is 0 Å². The molecule has 0 aliphatic heterocycles. The van der Waals surface area contributed by atoms with Crippen LogP contribution in [0.5, 0.6) is 0 Å². The Bertz CT molecular complexity index is 795. The van der Waals surface area contributed by atoms with Gasteiger partial charge in [-0.1, -0.05) is 104 Å². The van der Waals surface area contributed by atoms with Gasteiger partial charge in [-0.2, -0.15) is 0 Å². The predicted molar refractivity (Wildman–Crippen MR) is 144 cm³/mol. The highest BCUT2D eigenvalue weighted by Crippen LogP contribution is 2.20. The van der Waals surface area contributed by atoms with Gasteiger partial charge in [-0.25, -0.2) is 4.79 Å². The van der Waals surface area contributed by atoms with Gasteiger partial charge in [0.2, 0.25) is 0 Å². The molecule has 0 spiro atoms. The third-order valence-electron chi connectivity index (χ3n) is 6.63. The van der Waals surface area contributed by atoms with Crippen molar-refractivity contribution in [3.63, 3.8) is 0 Å². The Kier molecular flexibility index (Phi) is 13.6. The minimum Gasteiger partial charge on any atom is -0.462 e. The fraction of sp³-hybridized carbons (Fsp3) is 0.613. The van der Waals surface area contributed by atoms with Crippen molar-refractivity contribution in [3.05, 3.63) is 53.7 Å². The second-order valence-electron chi connectivity index (χ2n) is 10.4. The Morgan fingerprint density at radius 3 is 2.18 bits per heavy atom. The average Bonchev–Trinajstić information content (AvgIpc) is 2.83. The molecule has 1 aromatic carbocycles. The number of unbranched alkanes of at least 4 members (excludes halogenated alkanes) is 6. The summed E-state index contributed by atoms with van der Waals surface area (Å²) >= 11 is 0. The lowest BCUT2D eigenvalue weighted by molar-refractivity contribution is 0.0483. The van der Waals surface area contributed by atoms with Crippen LogP contribution in [0.15, 0.2) is 42.6 Å². The maximum absolute atomic E-state index is 12.4. The summed E-state index contributed by atoms with van der Waals surface area (Å²) in [7, 11) is 0. The van der Waals surface area contributed by atoms with Crippen molar-refractivity contribution >= 4 is 5.97 Å². The number of hydrogen-bond acceptors (Lipinski definition) is 3. The maximum Gasteiger partial charge on any atom is 0.338 e. The minimum absolute atomic E-state index is 0.237. The number of carbonyl (C=O) groups excluding carboxylic acids is 1. The predicted octanol–water partition coefficient (Wildman–Crippen LogP) is 9.05. The van der Waals surface area contributed by atoms with Crippen LogP contribution in [0.3, 0.4) is 0 Å². The lowest BCUT2D eigenvalue weighted by atomic mass is 9.98. The van der Waals surface area contributed by atoms with Gasteiger partial charge in [0.25, 0.3) is 0 Å². The second-order valence-corrected chi connectivity index (χ2v) is 10.4. The summed E-state index contributed by atoms with van der Waals surface area (Å²) in [6.45, 7) is 9.53. The molecule has 0 aliphatic rings. The molecule has 1 unspecified atom stereocenters. The van der Waals surface area contributed by atoms with E-state index >= 15 is 0 Å². The van der Waals surface area contributed by atoms with Gasteiger partial charge in [0.1, 0.15) is 0 Å². The van der Waals surface area contributed by atoms with E-state index < -0.39 is 0 Å². The molecule has 2 rings (SSSR count). The number of aromatic nitrogens is 1. The van der Waals surface area contributed by atoms with Gasteiger partial charge in [0.05, 0.1) is 17.9 Å². The zero-order valence-electron chi connectivity index (χ0n) is 22.2. The second kappa shape index (κ2) is 16.5. The summed E-state index contributed by atoms with van der Waals surface area (Å²) in [6, 6.07) is 11.9.